The van der Waals surface area contributed by atoms with E-state index in [1.54, 1.807) is 0 Å². The number of carbonyl (C=O) groups excluding carboxylic acids is 1. The van der Waals surface area contributed by atoms with Crippen LogP contribution < -0.4 is 0 Å². The zero-order chi connectivity index (χ0) is 68.3. The number of rotatable bonds is 35. The summed E-state index contributed by atoms with van der Waals surface area (Å²) in [6.07, 6.45) is -16.9. The maximum Gasteiger partial charge on any atom is 0.303 e. The van der Waals surface area contributed by atoms with Crippen molar-refractivity contribution in [2.24, 2.45) is 0 Å². The quantitative estimate of drug-likeness (QED) is 0.0371. The number of esters is 1. The molecule has 1 N–H and O–H groups in total. The number of aliphatic hydroxyl groups is 1. The molecule has 0 spiro atoms. The second-order valence-electron chi connectivity index (χ2n) is 25.0. The SMILES string of the molecule is CC(=O)OC1C(OC2C(OCC3OC(O)C(OCc4ccccc4)C(OCc4ccccc4)C3OCc3ccccc3)OC(COCc3ccccc3)C(OCc3ccccc3)C2OCc2ccccc2)OC(COCc2ccccc2)C(OCc2ccccc2)C1OCc1ccccc1. The van der Waals surface area contributed by atoms with Crippen LogP contribution in [0.2, 0.25) is 0 Å². The van der Waals surface area contributed by atoms with Crippen molar-refractivity contribution in [3.63, 3.8) is 0 Å². The molecule has 15 unspecified atom stereocenters. The lowest BCUT2D eigenvalue weighted by molar-refractivity contribution is -0.385. The molecule has 0 aliphatic carbocycles. The van der Waals surface area contributed by atoms with Gasteiger partial charge in [-0.15, -0.1) is 0 Å². The van der Waals surface area contributed by atoms with Crippen LogP contribution in [-0.2, 0) is 135 Å². The number of hydrogen-bond acceptors (Lipinski definition) is 17. The van der Waals surface area contributed by atoms with Crippen LogP contribution in [-0.4, -0.2) is 123 Å². The molecule has 12 rings (SSSR count). The molecule has 17 nitrogen and oxygen atoms in total. The van der Waals surface area contributed by atoms with E-state index in [2.05, 4.69) is 0 Å². The van der Waals surface area contributed by atoms with Crippen molar-refractivity contribution in [1.29, 1.82) is 0 Å². The Morgan fingerprint density at radius 1 is 0.280 bits per heavy atom. The zero-order valence-electron chi connectivity index (χ0n) is 56.1. The van der Waals surface area contributed by atoms with Gasteiger partial charge in [0.25, 0.3) is 0 Å². The summed E-state index contributed by atoms with van der Waals surface area (Å²) in [5.74, 6) is -0.634. The number of carbonyl (C=O) groups is 1. The lowest BCUT2D eigenvalue weighted by Crippen LogP contribution is -2.67. The first-order valence-electron chi connectivity index (χ1n) is 34.2. The maximum absolute atomic E-state index is 13.9. The van der Waals surface area contributed by atoms with E-state index in [-0.39, 0.29) is 79.3 Å². The highest BCUT2D eigenvalue weighted by atomic mass is 16.8. The molecule has 100 heavy (non-hydrogen) atoms. The van der Waals surface area contributed by atoms with Gasteiger partial charge in [0, 0.05) is 6.92 Å². The van der Waals surface area contributed by atoms with Gasteiger partial charge in [-0.2, -0.15) is 0 Å². The van der Waals surface area contributed by atoms with Gasteiger partial charge >= 0.3 is 5.97 Å². The summed E-state index contributed by atoms with van der Waals surface area (Å²) >= 11 is 0. The first kappa shape index (κ1) is 71.7. The van der Waals surface area contributed by atoms with Gasteiger partial charge in [-0.25, -0.2) is 0 Å². The summed E-state index contributed by atoms with van der Waals surface area (Å²) in [6.45, 7) is 2.38. The predicted molar refractivity (Wildman–Crippen MR) is 372 cm³/mol. The number of benzene rings is 9. The summed E-state index contributed by atoms with van der Waals surface area (Å²) in [5, 5.41) is 12.4. The van der Waals surface area contributed by atoms with Crippen LogP contribution in [0.15, 0.2) is 273 Å². The average Bonchev–Trinajstić information content (AvgIpc) is 0.770. The van der Waals surface area contributed by atoms with E-state index in [0.717, 1.165) is 50.1 Å². The molecule has 0 radical (unpaired) electrons. The van der Waals surface area contributed by atoms with Crippen molar-refractivity contribution in [1.82, 2.24) is 0 Å². The topological polar surface area (TPSA) is 176 Å². The molecule has 0 aromatic heterocycles. The van der Waals surface area contributed by atoms with Gasteiger partial charge in [0.15, 0.2) is 25.0 Å². The van der Waals surface area contributed by atoms with E-state index in [0.29, 0.717) is 0 Å². The molecule has 3 saturated heterocycles. The highest BCUT2D eigenvalue weighted by Crippen LogP contribution is 2.38. The monoisotopic (exact) mass is 1360 g/mol. The van der Waals surface area contributed by atoms with Crippen LogP contribution in [0.4, 0.5) is 0 Å². The Labute approximate surface area is 585 Å². The largest absolute Gasteiger partial charge is 0.454 e. The van der Waals surface area contributed by atoms with Crippen LogP contribution in [0.1, 0.15) is 57.0 Å². The lowest BCUT2D eigenvalue weighted by Gasteiger charge is -2.50. The first-order chi connectivity index (χ1) is 49.3. The third-order valence-electron chi connectivity index (χ3n) is 17.6. The second-order valence-corrected chi connectivity index (χ2v) is 25.0. The molecular weight excluding hydrogens is 1270 g/mol. The molecule has 3 fully saturated rings. The Bertz CT molecular complexity index is 3730. The molecule has 17 heteroatoms. The lowest BCUT2D eigenvalue weighted by atomic mass is 9.95. The summed E-state index contributed by atoms with van der Waals surface area (Å²) in [4.78, 5) is 13.9. The summed E-state index contributed by atoms with van der Waals surface area (Å²) in [7, 11) is 0. The van der Waals surface area contributed by atoms with Crippen LogP contribution >= 0.6 is 0 Å². The molecule has 522 valence electrons. The molecule has 0 amide bonds. The zero-order valence-corrected chi connectivity index (χ0v) is 56.1. The van der Waals surface area contributed by atoms with Crippen molar-refractivity contribution in [2.45, 2.75) is 159 Å². The Hall–Kier alpha value is -8.15. The van der Waals surface area contributed by atoms with Crippen molar-refractivity contribution >= 4 is 5.97 Å². The van der Waals surface area contributed by atoms with Gasteiger partial charge in [0.05, 0.1) is 79.3 Å². The number of aliphatic hydroxyl groups excluding tert-OH is 1. The van der Waals surface area contributed by atoms with Gasteiger partial charge in [-0.3, -0.25) is 4.79 Å². The fourth-order valence-corrected chi connectivity index (χ4v) is 12.6. The van der Waals surface area contributed by atoms with Gasteiger partial charge < -0.3 is 76.2 Å². The van der Waals surface area contributed by atoms with Crippen LogP contribution in [0.25, 0.3) is 0 Å². The fourth-order valence-electron chi connectivity index (χ4n) is 12.6. The van der Waals surface area contributed by atoms with Gasteiger partial charge in [0.2, 0.25) is 0 Å². The van der Waals surface area contributed by atoms with E-state index in [9.17, 15) is 9.90 Å². The van der Waals surface area contributed by atoms with Crippen molar-refractivity contribution in [3.05, 3.63) is 323 Å². The van der Waals surface area contributed by atoms with Crippen LogP contribution in [0, 0.1) is 0 Å². The molecule has 0 bridgehead atoms. The Morgan fingerprint density at radius 2 is 0.530 bits per heavy atom. The normalized spacial score (nSPS) is 25.2. The predicted octanol–water partition coefficient (Wildman–Crippen LogP) is 13.0. The van der Waals surface area contributed by atoms with Gasteiger partial charge in [-0.1, -0.05) is 273 Å². The van der Waals surface area contributed by atoms with Gasteiger partial charge in [0.1, 0.15) is 67.1 Å². The van der Waals surface area contributed by atoms with E-state index in [1.165, 1.54) is 6.92 Å². The highest BCUT2D eigenvalue weighted by molar-refractivity contribution is 5.66. The minimum atomic E-state index is -1.54. The first-order valence-corrected chi connectivity index (χ1v) is 34.2. The standard InChI is InChI=1S/C83H88O17/c1-59(84)96-80-77(93-54-67-43-25-9-26-44-67)73(89-50-63-35-17-5-18-36-63)70(57-87-48-61-31-13-3-14-32-61)99-83(80)100-79-76(92-53-66-41-23-8-24-42-66)72(88-49-62-33-15-4-16-34-62)69(56-86-47-60-29-11-2-12-30-60)98-82(79)95-58-71-74(90-51-64-37-19-6-20-38-64)75(91-52-65-39-21-7-22-40-65)78(81(85)97-71)94-55-68-45-27-10-28-46-68/h2-46,69-83,85H,47-58H2,1H3. The number of ether oxygens (including phenoxy) is 15. The van der Waals surface area contributed by atoms with Crippen molar-refractivity contribution in [2.75, 3.05) is 19.8 Å². The fraction of sp³-hybridized carbons (Fsp3) is 0.337. The third kappa shape index (κ3) is 21.0. The molecule has 3 aliphatic rings. The third-order valence-corrected chi connectivity index (χ3v) is 17.6. The second kappa shape index (κ2) is 38.0. The average molecular weight is 1360 g/mol. The highest BCUT2D eigenvalue weighted by Gasteiger charge is 2.56. The van der Waals surface area contributed by atoms with Gasteiger partial charge in [-0.05, 0) is 50.1 Å². The minimum Gasteiger partial charge on any atom is -0.454 e. The smallest absolute Gasteiger partial charge is 0.303 e. The van der Waals surface area contributed by atoms with Crippen LogP contribution in [0.5, 0.6) is 0 Å². The Balaban J connectivity index is 0.950. The molecular formula is C83H88O17. The van der Waals surface area contributed by atoms with Crippen molar-refractivity contribution < 1.29 is 81.0 Å². The number of hydrogen-bond donors (Lipinski definition) is 1. The Morgan fingerprint density at radius 3 is 0.840 bits per heavy atom. The molecule has 3 aliphatic heterocycles. The molecule has 15 atom stereocenters. The molecule has 3 heterocycles. The minimum absolute atomic E-state index is 0.00389. The summed E-state index contributed by atoms with van der Waals surface area (Å²) in [5.41, 5.74) is 8.04. The van der Waals surface area contributed by atoms with E-state index >= 15 is 0 Å². The molecule has 9 aromatic rings. The molecule has 0 saturated carbocycles. The van der Waals surface area contributed by atoms with Crippen molar-refractivity contribution in [3.8, 4) is 0 Å². The van der Waals surface area contributed by atoms with E-state index < -0.39 is 98.1 Å². The maximum atomic E-state index is 13.9. The summed E-state index contributed by atoms with van der Waals surface area (Å²) < 4.78 is 105. The summed E-state index contributed by atoms with van der Waals surface area (Å²) in [6, 6.07) is 88.1. The van der Waals surface area contributed by atoms with E-state index in [1.807, 2.05) is 273 Å². The Kier molecular flexibility index (Phi) is 27.3. The van der Waals surface area contributed by atoms with Crippen LogP contribution in [0.3, 0.4) is 0 Å². The molecule has 9 aromatic carbocycles. The van der Waals surface area contributed by atoms with E-state index in [4.69, 9.17) is 71.1 Å².